The fourth-order valence-electron chi connectivity index (χ4n) is 4.78. The van der Waals surface area contributed by atoms with Crippen LogP contribution in [0.15, 0.2) is 42.5 Å². The summed E-state index contributed by atoms with van der Waals surface area (Å²) < 4.78 is 0. The Morgan fingerprint density at radius 2 is 1.65 bits per heavy atom. The number of piperazine rings is 1. The minimum absolute atomic E-state index is 0.906. The van der Waals surface area contributed by atoms with Crippen molar-refractivity contribution in [3.05, 3.63) is 48.0 Å². The zero-order valence-electron chi connectivity index (χ0n) is 14.2. The monoisotopic (exact) mass is 310 g/mol. The van der Waals surface area contributed by atoms with Gasteiger partial charge in [0.05, 0.1) is 0 Å². The Balaban J connectivity index is 1.14. The van der Waals surface area contributed by atoms with Gasteiger partial charge in [0.25, 0.3) is 0 Å². The summed E-state index contributed by atoms with van der Waals surface area (Å²) in [6, 6.07) is 10.9. The summed E-state index contributed by atoms with van der Waals surface area (Å²) in [6.45, 7) is 7.71. The smallest absolute Gasteiger partial charge is 0.0110 e. The second kappa shape index (κ2) is 7.19. The maximum atomic E-state index is 2.73. The van der Waals surface area contributed by atoms with E-state index in [-0.39, 0.29) is 0 Å². The number of hydrogen-bond donors (Lipinski definition) is 0. The van der Waals surface area contributed by atoms with E-state index in [1.807, 2.05) is 0 Å². The standard InChI is InChI=1S/C21H30N2/c1-2-5-18(6-3-1)7-4-10-22-11-13-23(14-12-22)17-21-16-19-8-9-20(21)15-19/h1-3,5-6,8-9,19-21H,4,7,10-17H2/t19-,20-,21-/m1/s1. The van der Waals surface area contributed by atoms with Crippen molar-refractivity contribution in [2.75, 3.05) is 39.3 Å². The number of fused-ring (bicyclic) bond motifs is 2. The van der Waals surface area contributed by atoms with Gasteiger partial charge in [-0.1, -0.05) is 42.5 Å². The Morgan fingerprint density at radius 3 is 2.35 bits per heavy atom. The van der Waals surface area contributed by atoms with Gasteiger partial charge in [-0.15, -0.1) is 0 Å². The molecule has 1 aromatic rings. The number of allylic oxidation sites excluding steroid dienone is 2. The molecule has 1 saturated carbocycles. The van der Waals surface area contributed by atoms with Crippen molar-refractivity contribution >= 4 is 0 Å². The Bertz CT molecular complexity index is 516. The van der Waals surface area contributed by atoms with E-state index in [0.29, 0.717) is 0 Å². The summed E-state index contributed by atoms with van der Waals surface area (Å²) in [4.78, 5) is 5.40. The van der Waals surface area contributed by atoms with Crippen LogP contribution in [0.4, 0.5) is 0 Å². The van der Waals surface area contributed by atoms with E-state index in [1.54, 1.807) is 0 Å². The van der Waals surface area contributed by atoms with Gasteiger partial charge in [0.1, 0.15) is 0 Å². The van der Waals surface area contributed by atoms with Crippen LogP contribution in [0.3, 0.4) is 0 Å². The normalized spacial score (nSPS) is 31.0. The highest BCUT2D eigenvalue weighted by molar-refractivity contribution is 5.14. The summed E-state index contributed by atoms with van der Waals surface area (Å²) in [6.07, 6.45) is 10.4. The van der Waals surface area contributed by atoms with E-state index in [4.69, 9.17) is 0 Å². The molecule has 1 saturated heterocycles. The summed E-state index contributed by atoms with van der Waals surface area (Å²) in [5.41, 5.74) is 1.48. The molecule has 2 bridgehead atoms. The summed E-state index contributed by atoms with van der Waals surface area (Å²) in [5.74, 6) is 2.78. The van der Waals surface area contributed by atoms with Gasteiger partial charge in [-0.05, 0) is 55.5 Å². The predicted molar refractivity (Wildman–Crippen MR) is 96.5 cm³/mol. The number of nitrogens with zero attached hydrogens (tertiary/aromatic N) is 2. The first-order valence-electron chi connectivity index (χ1n) is 9.54. The van der Waals surface area contributed by atoms with Gasteiger partial charge in [0, 0.05) is 32.7 Å². The van der Waals surface area contributed by atoms with Crippen molar-refractivity contribution in [2.45, 2.75) is 25.7 Å². The van der Waals surface area contributed by atoms with Crippen LogP contribution in [0, 0.1) is 17.8 Å². The van der Waals surface area contributed by atoms with Crippen LogP contribution >= 0.6 is 0 Å². The Hall–Kier alpha value is -1.12. The van der Waals surface area contributed by atoms with Crippen molar-refractivity contribution in [3.63, 3.8) is 0 Å². The van der Waals surface area contributed by atoms with E-state index in [1.165, 1.54) is 70.5 Å². The number of benzene rings is 1. The van der Waals surface area contributed by atoms with Gasteiger partial charge in [-0.25, -0.2) is 0 Å². The third kappa shape index (κ3) is 3.87. The highest BCUT2D eigenvalue weighted by Crippen LogP contribution is 2.43. The molecule has 1 aromatic carbocycles. The maximum absolute atomic E-state index is 2.73. The Kier molecular flexibility index (Phi) is 4.82. The Labute approximate surface area is 141 Å². The molecule has 0 radical (unpaired) electrons. The SMILES string of the molecule is C1=C[C@@H]2C[C@@H]1C[C@@H]2CN1CCN(CCCc2ccccc2)CC1. The summed E-state index contributed by atoms with van der Waals surface area (Å²) in [7, 11) is 0. The van der Waals surface area contributed by atoms with E-state index < -0.39 is 0 Å². The van der Waals surface area contributed by atoms with Crippen molar-refractivity contribution in [1.29, 1.82) is 0 Å². The van der Waals surface area contributed by atoms with E-state index >= 15 is 0 Å². The van der Waals surface area contributed by atoms with Crippen LogP contribution in [-0.2, 0) is 6.42 Å². The third-order valence-electron chi connectivity index (χ3n) is 6.16. The molecule has 0 spiro atoms. The largest absolute Gasteiger partial charge is 0.301 e. The summed E-state index contributed by atoms with van der Waals surface area (Å²) >= 11 is 0. The molecule has 2 nitrogen and oxygen atoms in total. The molecule has 3 atom stereocenters. The second-order valence-electron chi connectivity index (χ2n) is 7.77. The molecular weight excluding hydrogens is 280 g/mol. The van der Waals surface area contributed by atoms with Gasteiger partial charge in [0.2, 0.25) is 0 Å². The summed E-state index contributed by atoms with van der Waals surface area (Å²) in [5, 5.41) is 0. The van der Waals surface area contributed by atoms with Crippen LogP contribution in [0.5, 0.6) is 0 Å². The second-order valence-corrected chi connectivity index (χ2v) is 7.77. The average molecular weight is 310 g/mol. The van der Waals surface area contributed by atoms with Crippen LogP contribution in [-0.4, -0.2) is 49.1 Å². The zero-order chi connectivity index (χ0) is 15.5. The van der Waals surface area contributed by atoms with Crippen molar-refractivity contribution in [3.8, 4) is 0 Å². The lowest BCUT2D eigenvalue weighted by atomic mass is 9.93. The molecule has 1 heterocycles. The quantitative estimate of drug-likeness (QED) is 0.743. The fraction of sp³-hybridized carbons (Fsp3) is 0.619. The van der Waals surface area contributed by atoms with Crippen LogP contribution < -0.4 is 0 Å². The van der Waals surface area contributed by atoms with Crippen molar-refractivity contribution in [1.82, 2.24) is 9.80 Å². The van der Waals surface area contributed by atoms with Gasteiger partial charge in [-0.3, -0.25) is 0 Å². The molecule has 2 aliphatic carbocycles. The molecule has 4 rings (SSSR count). The molecule has 1 aliphatic heterocycles. The fourth-order valence-corrected chi connectivity index (χ4v) is 4.78. The molecule has 0 N–H and O–H groups in total. The predicted octanol–water partition coefficient (Wildman–Crippen LogP) is 3.45. The molecular formula is C21H30N2. The topological polar surface area (TPSA) is 6.48 Å². The first kappa shape index (κ1) is 15.4. The first-order chi connectivity index (χ1) is 11.4. The van der Waals surface area contributed by atoms with Gasteiger partial charge < -0.3 is 9.80 Å². The average Bonchev–Trinajstić information content (AvgIpc) is 3.20. The van der Waals surface area contributed by atoms with Gasteiger partial charge >= 0.3 is 0 Å². The molecule has 0 amide bonds. The molecule has 0 aromatic heterocycles. The number of hydrogen-bond acceptors (Lipinski definition) is 2. The van der Waals surface area contributed by atoms with Crippen molar-refractivity contribution < 1.29 is 0 Å². The lowest BCUT2D eigenvalue weighted by Crippen LogP contribution is -2.48. The first-order valence-corrected chi connectivity index (χ1v) is 9.54. The lowest BCUT2D eigenvalue weighted by Gasteiger charge is -2.37. The number of rotatable bonds is 6. The highest BCUT2D eigenvalue weighted by Gasteiger charge is 2.36. The van der Waals surface area contributed by atoms with Gasteiger partial charge in [-0.2, -0.15) is 0 Å². The number of aryl methyl sites for hydroxylation is 1. The van der Waals surface area contributed by atoms with Crippen molar-refractivity contribution in [2.24, 2.45) is 17.8 Å². The molecule has 23 heavy (non-hydrogen) atoms. The molecule has 0 unspecified atom stereocenters. The molecule has 2 fully saturated rings. The molecule has 3 aliphatic rings. The maximum Gasteiger partial charge on any atom is 0.0110 e. The van der Waals surface area contributed by atoms with Crippen LogP contribution in [0.1, 0.15) is 24.8 Å². The highest BCUT2D eigenvalue weighted by atomic mass is 15.3. The van der Waals surface area contributed by atoms with Gasteiger partial charge in [0.15, 0.2) is 0 Å². The zero-order valence-corrected chi connectivity index (χ0v) is 14.2. The minimum Gasteiger partial charge on any atom is -0.301 e. The molecule has 124 valence electrons. The Morgan fingerprint density at radius 1 is 0.870 bits per heavy atom. The molecule has 2 heteroatoms. The van der Waals surface area contributed by atoms with Crippen LogP contribution in [0.25, 0.3) is 0 Å². The van der Waals surface area contributed by atoms with Crippen LogP contribution in [0.2, 0.25) is 0 Å². The van der Waals surface area contributed by atoms with E-state index in [0.717, 1.165) is 17.8 Å². The minimum atomic E-state index is 0.906. The van der Waals surface area contributed by atoms with E-state index in [2.05, 4.69) is 52.3 Å². The van der Waals surface area contributed by atoms with E-state index in [9.17, 15) is 0 Å². The lowest BCUT2D eigenvalue weighted by molar-refractivity contribution is 0.112. The third-order valence-corrected chi connectivity index (χ3v) is 6.16.